The summed E-state index contributed by atoms with van der Waals surface area (Å²) in [4.78, 5) is 11.8. The minimum Gasteiger partial charge on any atom is -0.478 e. The Kier molecular flexibility index (Phi) is 10.8. The predicted octanol–water partition coefficient (Wildman–Crippen LogP) is 3.70. The van der Waals surface area contributed by atoms with Gasteiger partial charge in [-0.25, -0.2) is 4.79 Å². The maximum atomic E-state index is 11.8. The number of carboxylic acids is 1. The van der Waals surface area contributed by atoms with Gasteiger partial charge in [0.25, 0.3) is 0 Å². The van der Waals surface area contributed by atoms with E-state index in [0.29, 0.717) is 6.42 Å². The van der Waals surface area contributed by atoms with Crippen molar-refractivity contribution < 1.29 is 35.4 Å². The summed E-state index contributed by atoms with van der Waals surface area (Å²) in [5.74, 6) is -2.08. The fourth-order valence-corrected chi connectivity index (χ4v) is 6.87. The van der Waals surface area contributed by atoms with Crippen LogP contribution in [0.5, 0.6) is 0 Å². The molecule has 0 unspecified atom stereocenters. The van der Waals surface area contributed by atoms with E-state index in [4.69, 9.17) is 0 Å². The topological polar surface area (TPSA) is 138 Å². The van der Waals surface area contributed by atoms with Gasteiger partial charge in [0.15, 0.2) is 0 Å². The number of aliphatic carboxylic acids is 1. The van der Waals surface area contributed by atoms with Crippen molar-refractivity contribution >= 4 is 5.97 Å². The molecule has 0 aliphatic heterocycles. The highest BCUT2D eigenvalue weighted by molar-refractivity contribution is 5.85. The molecule has 2 aliphatic carbocycles. The number of carbonyl (C=O) groups is 1. The van der Waals surface area contributed by atoms with Crippen molar-refractivity contribution in [3.63, 3.8) is 0 Å². The number of aliphatic hydroxyl groups is 5. The molecule has 1 fully saturated rings. The van der Waals surface area contributed by atoms with E-state index in [1.165, 1.54) is 0 Å². The lowest BCUT2D eigenvalue weighted by atomic mass is 9.50. The number of carboxylic acid groups (broad SMARTS) is 1. The molecule has 0 heterocycles. The molecule has 0 saturated heterocycles. The van der Waals surface area contributed by atoms with Crippen LogP contribution < -0.4 is 0 Å². The number of hydrogen-bond donors (Lipinski definition) is 6. The summed E-state index contributed by atoms with van der Waals surface area (Å²) in [6.45, 7) is 15.1. The lowest BCUT2D eigenvalue weighted by Crippen LogP contribution is -2.56. The third kappa shape index (κ3) is 6.93. The van der Waals surface area contributed by atoms with Crippen molar-refractivity contribution in [3.05, 3.63) is 34.9 Å². The molecule has 37 heavy (non-hydrogen) atoms. The lowest BCUT2D eigenvalue weighted by Gasteiger charge is -2.56. The molecule has 0 aromatic rings. The van der Waals surface area contributed by atoms with Gasteiger partial charge in [-0.3, -0.25) is 0 Å². The van der Waals surface area contributed by atoms with Gasteiger partial charge in [-0.2, -0.15) is 0 Å². The number of hydrogen-bond acceptors (Lipinski definition) is 6. The third-order valence-corrected chi connectivity index (χ3v) is 9.23. The third-order valence-electron chi connectivity index (χ3n) is 9.23. The zero-order chi connectivity index (χ0) is 28.4. The molecular weight excluding hydrogens is 472 g/mol. The zero-order valence-corrected chi connectivity index (χ0v) is 23.8. The summed E-state index contributed by atoms with van der Waals surface area (Å²) >= 11 is 0. The molecule has 0 amide bonds. The van der Waals surface area contributed by atoms with Crippen LogP contribution in [0.3, 0.4) is 0 Å². The molecule has 6 N–H and O–H groups in total. The maximum Gasteiger partial charge on any atom is 0.330 e. The number of fused-ring (bicyclic) bond motifs is 1. The van der Waals surface area contributed by atoms with E-state index in [1.54, 1.807) is 19.9 Å². The average Bonchev–Trinajstić information content (AvgIpc) is 2.79. The van der Waals surface area contributed by atoms with Crippen molar-refractivity contribution in [2.75, 3.05) is 0 Å². The predicted molar refractivity (Wildman–Crippen MR) is 145 cm³/mol. The Hall–Kier alpha value is -1.51. The quantitative estimate of drug-likeness (QED) is 0.190. The highest BCUT2D eigenvalue weighted by Gasteiger charge is 2.55. The molecule has 2 rings (SSSR count). The maximum absolute atomic E-state index is 11.8. The van der Waals surface area contributed by atoms with Gasteiger partial charge < -0.3 is 30.6 Å². The Balaban J connectivity index is 2.37. The number of rotatable bonds is 10. The first kappa shape index (κ1) is 31.7. The van der Waals surface area contributed by atoms with Crippen LogP contribution in [0.4, 0.5) is 0 Å². The fraction of sp³-hybridized carbons (Fsp3) is 0.767. The molecular formula is C30H50O7. The van der Waals surface area contributed by atoms with Crippen molar-refractivity contribution in [2.24, 2.45) is 40.9 Å². The van der Waals surface area contributed by atoms with E-state index in [0.717, 1.165) is 11.1 Å². The van der Waals surface area contributed by atoms with E-state index in [9.17, 15) is 35.4 Å². The van der Waals surface area contributed by atoms with Crippen LogP contribution in [0, 0.1) is 40.9 Å². The first-order chi connectivity index (χ1) is 17.0. The second-order valence-corrected chi connectivity index (χ2v) is 12.4. The number of aliphatic hydroxyl groups excluding tert-OH is 5. The molecule has 212 valence electrons. The van der Waals surface area contributed by atoms with E-state index in [-0.39, 0.29) is 53.9 Å². The Morgan fingerprint density at radius 1 is 1.16 bits per heavy atom. The van der Waals surface area contributed by atoms with E-state index >= 15 is 0 Å². The molecule has 0 bridgehead atoms. The summed E-state index contributed by atoms with van der Waals surface area (Å²) < 4.78 is 0. The van der Waals surface area contributed by atoms with Crippen molar-refractivity contribution in [3.8, 4) is 0 Å². The van der Waals surface area contributed by atoms with Gasteiger partial charge in [0, 0.05) is 29.2 Å². The second kappa shape index (κ2) is 12.6. The molecule has 0 spiro atoms. The van der Waals surface area contributed by atoms with E-state index in [2.05, 4.69) is 6.08 Å². The Bertz CT molecular complexity index is 890. The van der Waals surface area contributed by atoms with Crippen LogP contribution >= 0.6 is 0 Å². The highest BCUT2D eigenvalue weighted by Crippen LogP contribution is 2.57. The molecule has 0 aromatic carbocycles. The summed E-state index contributed by atoms with van der Waals surface area (Å²) in [6, 6.07) is 0. The van der Waals surface area contributed by atoms with Crippen LogP contribution in [-0.4, -0.2) is 67.1 Å². The zero-order valence-electron chi connectivity index (χ0n) is 23.8. The molecule has 0 aromatic heterocycles. The summed E-state index contributed by atoms with van der Waals surface area (Å²) in [5, 5.41) is 62.8. The average molecular weight is 523 g/mol. The fourth-order valence-electron chi connectivity index (χ4n) is 6.87. The van der Waals surface area contributed by atoms with Gasteiger partial charge in [0.2, 0.25) is 0 Å². The molecule has 11 atom stereocenters. The minimum absolute atomic E-state index is 0.00847. The Labute approximate surface area is 222 Å². The largest absolute Gasteiger partial charge is 0.478 e. The summed E-state index contributed by atoms with van der Waals surface area (Å²) in [6.07, 6.45) is 2.86. The van der Waals surface area contributed by atoms with Crippen LogP contribution in [0.2, 0.25) is 0 Å². The van der Waals surface area contributed by atoms with Crippen LogP contribution in [0.1, 0.15) is 74.7 Å². The SMILES string of the molecule is CC1=C[C@]2(C)[C@@H]([C@H](C)[C@H](O)C[C@H]2O)[C@H](/C=C(/C)C(=O)O)[C@@H]1/C(C)=C/C[C@H](O)C[C@@H](O)[C@H](C)[C@@H](O)C(C)C. The normalized spacial score (nSPS) is 36.4. The Morgan fingerprint density at radius 3 is 2.30 bits per heavy atom. The first-order valence-corrected chi connectivity index (χ1v) is 13.7. The van der Waals surface area contributed by atoms with E-state index < -0.39 is 41.9 Å². The monoisotopic (exact) mass is 522 g/mol. The van der Waals surface area contributed by atoms with Gasteiger partial charge in [0.05, 0.1) is 30.5 Å². The van der Waals surface area contributed by atoms with E-state index in [1.807, 2.05) is 47.6 Å². The number of allylic oxidation sites excluding steroid dienone is 3. The first-order valence-electron chi connectivity index (χ1n) is 13.7. The molecule has 7 nitrogen and oxygen atoms in total. The van der Waals surface area contributed by atoms with Gasteiger partial charge >= 0.3 is 5.97 Å². The van der Waals surface area contributed by atoms with Crippen molar-refractivity contribution in [1.29, 1.82) is 0 Å². The molecule has 0 radical (unpaired) electrons. The standard InChI is InChI=1S/C30H50O7/c1-15(2)28(35)20(7)23(32)12-21(31)10-9-16(3)26-18(5)14-30(8)25(34)13-24(33)19(6)27(30)22(26)11-17(4)29(36)37/h9,11,14-15,19-28,31-35H,10,12-13H2,1-8H3,(H,36,37)/b16-9+,17-11-/t19-,20+,21+,22-,23-,24-,25-,26-,27+,28+,30+/m1/s1. The van der Waals surface area contributed by atoms with Crippen LogP contribution in [0.15, 0.2) is 34.9 Å². The smallest absolute Gasteiger partial charge is 0.330 e. The van der Waals surface area contributed by atoms with Crippen LogP contribution in [-0.2, 0) is 4.79 Å². The van der Waals surface area contributed by atoms with Crippen LogP contribution in [0.25, 0.3) is 0 Å². The Morgan fingerprint density at radius 2 is 1.76 bits per heavy atom. The summed E-state index contributed by atoms with van der Waals surface area (Å²) in [5.41, 5.74) is 1.62. The lowest BCUT2D eigenvalue weighted by molar-refractivity contribution is -0.132. The highest BCUT2D eigenvalue weighted by atomic mass is 16.4. The summed E-state index contributed by atoms with van der Waals surface area (Å²) in [7, 11) is 0. The van der Waals surface area contributed by atoms with Gasteiger partial charge in [-0.1, -0.05) is 64.0 Å². The minimum atomic E-state index is -0.999. The molecule has 1 saturated carbocycles. The molecule has 7 heteroatoms. The van der Waals surface area contributed by atoms with Crippen molar-refractivity contribution in [1.82, 2.24) is 0 Å². The molecule has 2 aliphatic rings. The second-order valence-electron chi connectivity index (χ2n) is 12.4. The van der Waals surface area contributed by atoms with Gasteiger partial charge in [-0.05, 0) is 57.3 Å². The van der Waals surface area contributed by atoms with Crippen molar-refractivity contribution in [2.45, 2.75) is 105 Å². The van der Waals surface area contributed by atoms with Gasteiger partial charge in [-0.15, -0.1) is 0 Å². The van der Waals surface area contributed by atoms with Gasteiger partial charge in [0.1, 0.15) is 0 Å².